The normalized spacial score (nSPS) is 17.3. The number of esters is 1. The zero-order chi connectivity index (χ0) is 16.1. The second kappa shape index (κ2) is 7.28. The van der Waals surface area contributed by atoms with Crippen molar-refractivity contribution in [3.8, 4) is 0 Å². The molecular weight excluding hydrogens is 296 g/mol. The summed E-state index contributed by atoms with van der Waals surface area (Å²) >= 11 is 0. The van der Waals surface area contributed by atoms with E-state index in [9.17, 15) is 9.59 Å². The van der Waals surface area contributed by atoms with E-state index in [0.717, 1.165) is 29.3 Å². The van der Waals surface area contributed by atoms with Crippen molar-refractivity contribution in [3.05, 3.63) is 36.0 Å². The van der Waals surface area contributed by atoms with E-state index in [1.54, 1.807) is 0 Å². The van der Waals surface area contributed by atoms with E-state index >= 15 is 0 Å². The van der Waals surface area contributed by atoms with Gasteiger partial charge in [-0.15, -0.1) is 0 Å². The fourth-order valence-corrected chi connectivity index (χ4v) is 2.72. The average molecular weight is 316 g/mol. The number of hydrogen-bond donors (Lipinski definition) is 2. The van der Waals surface area contributed by atoms with Crippen LogP contribution in [-0.4, -0.2) is 42.7 Å². The van der Waals surface area contributed by atoms with Crippen LogP contribution in [0.2, 0.25) is 0 Å². The van der Waals surface area contributed by atoms with Crippen molar-refractivity contribution in [2.24, 2.45) is 0 Å². The lowest BCUT2D eigenvalue weighted by Gasteiger charge is -2.09. The van der Waals surface area contributed by atoms with Gasteiger partial charge in [-0.3, -0.25) is 4.79 Å². The lowest BCUT2D eigenvalue weighted by atomic mass is 10.1. The van der Waals surface area contributed by atoms with Crippen LogP contribution in [0.3, 0.4) is 0 Å². The third-order valence-corrected chi connectivity index (χ3v) is 3.93. The van der Waals surface area contributed by atoms with Crippen molar-refractivity contribution in [3.63, 3.8) is 0 Å². The van der Waals surface area contributed by atoms with Crippen LogP contribution in [0.25, 0.3) is 10.9 Å². The lowest BCUT2D eigenvalue weighted by molar-refractivity contribution is -0.157. The SMILES string of the molecule is O=C(COC(=O)[C@@H]1CCCO1)NCCc1c[nH]c2ccccc12. The number of benzene rings is 1. The second-order valence-electron chi connectivity index (χ2n) is 5.57. The van der Waals surface area contributed by atoms with Crippen LogP contribution in [0.5, 0.6) is 0 Å². The number of para-hydroxylation sites is 1. The quantitative estimate of drug-likeness (QED) is 0.792. The average Bonchev–Trinajstić information content (AvgIpc) is 3.23. The van der Waals surface area contributed by atoms with Gasteiger partial charge in [0.2, 0.25) is 0 Å². The summed E-state index contributed by atoms with van der Waals surface area (Å²) in [5.41, 5.74) is 2.23. The molecule has 1 aromatic heterocycles. The van der Waals surface area contributed by atoms with Crippen molar-refractivity contribution >= 4 is 22.8 Å². The molecule has 1 amide bonds. The standard InChI is InChI=1S/C17H20N2O4/c20-16(11-23-17(21)15-6-3-9-22-15)18-8-7-12-10-19-14-5-2-1-4-13(12)14/h1-2,4-5,10,15,19H,3,6-9,11H2,(H,18,20)/t15-/m0/s1. The Hall–Kier alpha value is -2.34. The maximum Gasteiger partial charge on any atom is 0.335 e. The Bertz CT molecular complexity index is 689. The molecule has 2 heterocycles. The van der Waals surface area contributed by atoms with Crippen LogP contribution < -0.4 is 5.32 Å². The molecule has 6 heteroatoms. The first kappa shape index (κ1) is 15.6. The van der Waals surface area contributed by atoms with E-state index in [4.69, 9.17) is 9.47 Å². The molecule has 1 saturated heterocycles. The summed E-state index contributed by atoms with van der Waals surface area (Å²) in [6.45, 7) is 0.821. The van der Waals surface area contributed by atoms with Gasteiger partial charge in [-0.1, -0.05) is 18.2 Å². The Kier molecular flexibility index (Phi) is 4.92. The Labute approximate surface area is 134 Å². The highest BCUT2D eigenvalue weighted by atomic mass is 16.6. The predicted octanol–water partition coefficient (Wildman–Crippen LogP) is 1.55. The van der Waals surface area contributed by atoms with Crippen LogP contribution in [0.4, 0.5) is 0 Å². The maximum atomic E-state index is 11.7. The van der Waals surface area contributed by atoms with Crippen molar-refractivity contribution in [2.45, 2.75) is 25.4 Å². The number of carbonyl (C=O) groups excluding carboxylic acids is 2. The van der Waals surface area contributed by atoms with Gasteiger partial charge in [-0.25, -0.2) is 4.79 Å². The monoisotopic (exact) mass is 316 g/mol. The molecule has 2 N–H and O–H groups in total. The topological polar surface area (TPSA) is 80.4 Å². The largest absolute Gasteiger partial charge is 0.454 e. The van der Waals surface area contributed by atoms with Crippen LogP contribution in [-0.2, 0) is 25.5 Å². The van der Waals surface area contributed by atoms with E-state index in [-0.39, 0.29) is 12.5 Å². The summed E-state index contributed by atoms with van der Waals surface area (Å²) in [7, 11) is 0. The van der Waals surface area contributed by atoms with Gasteiger partial charge in [-0.2, -0.15) is 0 Å². The molecule has 0 spiro atoms. The highest BCUT2D eigenvalue weighted by Gasteiger charge is 2.25. The van der Waals surface area contributed by atoms with Gasteiger partial charge in [0, 0.05) is 30.3 Å². The molecule has 122 valence electrons. The van der Waals surface area contributed by atoms with Gasteiger partial charge in [-0.05, 0) is 30.9 Å². The molecule has 0 aliphatic carbocycles. The highest BCUT2D eigenvalue weighted by molar-refractivity contribution is 5.83. The third-order valence-electron chi connectivity index (χ3n) is 3.93. The Morgan fingerprint density at radius 2 is 2.22 bits per heavy atom. The molecule has 1 aliphatic heterocycles. The number of ether oxygens (including phenoxy) is 2. The summed E-state index contributed by atoms with van der Waals surface area (Å²) in [6.07, 6.45) is 3.69. The van der Waals surface area contributed by atoms with E-state index in [1.165, 1.54) is 0 Å². The van der Waals surface area contributed by atoms with Gasteiger partial charge < -0.3 is 19.8 Å². The van der Waals surface area contributed by atoms with Gasteiger partial charge in [0.05, 0.1) is 0 Å². The number of hydrogen-bond acceptors (Lipinski definition) is 4. The molecule has 0 saturated carbocycles. The Morgan fingerprint density at radius 3 is 3.04 bits per heavy atom. The molecule has 1 aromatic carbocycles. The van der Waals surface area contributed by atoms with Crippen molar-refractivity contribution in [1.82, 2.24) is 10.3 Å². The van der Waals surface area contributed by atoms with Gasteiger partial charge >= 0.3 is 5.97 Å². The highest BCUT2D eigenvalue weighted by Crippen LogP contribution is 2.17. The number of nitrogens with one attached hydrogen (secondary N) is 2. The zero-order valence-electron chi connectivity index (χ0n) is 12.8. The van der Waals surface area contributed by atoms with E-state index in [2.05, 4.69) is 10.3 Å². The third kappa shape index (κ3) is 3.90. The van der Waals surface area contributed by atoms with Crippen molar-refractivity contribution in [1.29, 1.82) is 0 Å². The minimum absolute atomic E-state index is 0.257. The molecule has 1 fully saturated rings. The molecule has 23 heavy (non-hydrogen) atoms. The van der Waals surface area contributed by atoms with E-state index in [0.29, 0.717) is 19.6 Å². The van der Waals surface area contributed by atoms with Crippen LogP contribution >= 0.6 is 0 Å². The van der Waals surface area contributed by atoms with Gasteiger partial charge in [0.15, 0.2) is 12.7 Å². The van der Waals surface area contributed by atoms with E-state index < -0.39 is 12.1 Å². The summed E-state index contributed by atoms with van der Waals surface area (Å²) in [4.78, 5) is 26.5. The lowest BCUT2D eigenvalue weighted by Crippen LogP contribution is -2.32. The van der Waals surface area contributed by atoms with Crippen LogP contribution in [0.15, 0.2) is 30.5 Å². The second-order valence-corrected chi connectivity index (χ2v) is 5.57. The smallest absolute Gasteiger partial charge is 0.335 e. The molecule has 3 rings (SSSR count). The molecule has 2 aromatic rings. The number of rotatable bonds is 6. The molecule has 6 nitrogen and oxygen atoms in total. The summed E-state index contributed by atoms with van der Waals surface area (Å²) < 4.78 is 10.2. The summed E-state index contributed by atoms with van der Waals surface area (Å²) in [6, 6.07) is 8.03. The number of fused-ring (bicyclic) bond motifs is 1. The molecule has 0 unspecified atom stereocenters. The minimum Gasteiger partial charge on any atom is -0.454 e. The van der Waals surface area contributed by atoms with Gasteiger partial charge in [0.25, 0.3) is 5.91 Å². The van der Waals surface area contributed by atoms with E-state index in [1.807, 2.05) is 30.5 Å². The summed E-state index contributed by atoms with van der Waals surface area (Å²) in [5, 5.41) is 3.92. The first-order valence-electron chi connectivity index (χ1n) is 7.84. The minimum atomic E-state index is -0.506. The van der Waals surface area contributed by atoms with Crippen LogP contribution in [0.1, 0.15) is 18.4 Å². The maximum absolute atomic E-state index is 11.7. The molecular formula is C17H20N2O4. The number of amides is 1. The fourth-order valence-electron chi connectivity index (χ4n) is 2.72. The Morgan fingerprint density at radius 1 is 1.35 bits per heavy atom. The molecule has 1 atom stereocenters. The number of H-pyrrole nitrogens is 1. The fraction of sp³-hybridized carbons (Fsp3) is 0.412. The number of aromatic amines is 1. The van der Waals surface area contributed by atoms with Crippen LogP contribution in [0, 0.1) is 0 Å². The summed E-state index contributed by atoms with van der Waals surface area (Å²) in [5.74, 6) is -0.745. The number of carbonyl (C=O) groups is 2. The predicted molar refractivity (Wildman–Crippen MR) is 84.9 cm³/mol. The first-order chi connectivity index (χ1) is 11.2. The number of aromatic nitrogens is 1. The zero-order valence-corrected chi connectivity index (χ0v) is 12.8. The molecule has 1 aliphatic rings. The Balaban J connectivity index is 1.40. The molecule has 0 radical (unpaired) electrons. The molecule has 0 bridgehead atoms. The van der Waals surface area contributed by atoms with Gasteiger partial charge in [0.1, 0.15) is 0 Å². The van der Waals surface area contributed by atoms with Crippen molar-refractivity contribution in [2.75, 3.05) is 19.8 Å². The van der Waals surface area contributed by atoms with Crippen molar-refractivity contribution < 1.29 is 19.1 Å². The first-order valence-corrected chi connectivity index (χ1v) is 7.84.